The van der Waals surface area contributed by atoms with Gasteiger partial charge in [0.25, 0.3) is 5.91 Å². The Morgan fingerprint density at radius 2 is 1.90 bits per heavy atom. The molecule has 1 amide bonds. The van der Waals surface area contributed by atoms with Crippen LogP contribution in [0, 0.1) is 25.2 Å². The summed E-state index contributed by atoms with van der Waals surface area (Å²) in [5.74, 6) is -2.60. The highest BCUT2D eigenvalue weighted by atomic mass is 35.5. The molecule has 1 atom stereocenters. The van der Waals surface area contributed by atoms with Gasteiger partial charge < -0.3 is 9.67 Å². The van der Waals surface area contributed by atoms with Gasteiger partial charge in [-0.2, -0.15) is 10.4 Å². The minimum atomic E-state index is -1.11. The molecule has 1 heterocycles. The lowest BCUT2D eigenvalue weighted by Crippen LogP contribution is -2.24. The quantitative estimate of drug-likeness (QED) is 0.447. The van der Waals surface area contributed by atoms with Gasteiger partial charge in [-0.25, -0.2) is 10.2 Å². The number of hydrogen-bond donors (Lipinski definition) is 2. The second-order valence-electron chi connectivity index (χ2n) is 6.84. The summed E-state index contributed by atoms with van der Waals surface area (Å²) >= 11 is 5.97. The molecule has 8 heteroatoms. The number of rotatable bonds is 6. The van der Waals surface area contributed by atoms with Crippen molar-refractivity contribution in [2.24, 2.45) is 5.10 Å². The third kappa shape index (κ3) is 4.65. The molecule has 0 unspecified atom stereocenters. The van der Waals surface area contributed by atoms with E-state index in [1.54, 1.807) is 36.4 Å². The molecule has 3 rings (SSSR count). The maximum atomic E-state index is 12.4. The fourth-order valence-electron chi connectivity index (χ4n) is 3.29. The van der Waals surface area contributed by atoms with Crippen LogP contribution in [0.5, 0.6) is 0 Å². The lowest BCUT2D eigenvalue weighted by molar-refractivity contribution is -0.121. The van der Waals surface area contributed by atoms with Gasteiger partial charge in [0.05, 0.1) is 22.9 Å². The molecule has 0 bridgehead atoms. The van der Waals surface area contributed by atoms with E-state index in [2.05, 4.69) is 10.5 Å². The van der Waals surface area contributed by atoms with E-state index in [1.165, 1.54) is 12.3 Å². The molecule has 0 spiro atoms. The van der Waals surface area contributed by atoms with Crippen LogP contribution in [0.3, 0.4) is 0 Å². The van der Waals surface area contributed by atoms with Crippen LogP contribution in [0.2, 0.25) is 5.02 Å². The van der Waals surface area contributed by atoms with Crippen molar-refractivity contribution in [2.75, 3.05) is 0 Å². The van der Waals surface area contributed by atoms with E-state index >= 15 is 0 Å². The average molecular weight is 435 g/mol. The number of hydrazone groups is 1. The van der Waals surface area contributed by atoms with Gasteiger partial charge in [-0.15, -0.1) is 0 Å². The molecule has 0 radical (unpaired) electrons. The van der Waals surface area contributed by atoms with Crippen LogP contribution in [-0.4, -0.2) is 27.8 Å². The molecule has 0 aliphatic carbocycles. The Bertz CT molecular complexity index is 1210. The second-order valence-corrected chi connectivity index (χ2v) is 7.25. The van der Waals surface area contributed by atoms with E-state index < -0.39 is 17.8 Å². The van der Waals surface area contributed by atoms with Gasteiger partial charge in [-0.3, -0.25) is 4.79 Å². The lowest BCUT2D eigenvalue weighted by atomic mass is 10.0. The van der Waals surface area contributed by atoms with E-state index in [4.69, 9.17) is 11.6 Å². The number of nitrogens with one attached hydrogen (secondary N) is 1. The molecule has 0 aliphatic rings. The summed E-state index contributed by atoms with van der Waals surface area (Å²) in [4.78, 5) is 23.7. The first-order valence-corrected chi connectivity index (χ1v) is 9.71. The molecule has 2 N–H and O–H groups in total. The number of carboxylic acid groups (broad SMARTS) is 1. The molecule has 0 saturated heterocycles. The third-order valence-electron chi connectivity index (χ3n) is 4.81. The largest absolute Gasteiger partial charge is 0.478 e. The summed E-state index contributed by atoms with van der Waals surface area (Å²) in [5, 5.41) is 22.8. The van der Waals surface area contributed by atoms with Crippen molar-refractivity contribution >= 4 is 29.7 Å². The Labute approximate surface area is 184 Å². The highest BCUT2D eigenvalue weighted by molar-refractivity contribution is 6.33. The van der Waals surface area contributed by atoms with Crippen LogP contribution < -0.4 is 5.43 Å². The van der Waals surface area contributed by atoms with Crippen molar-refractivity contribution in [3.63, 3.8) is 0 Å². The molecule has 1 aromatic heterocycles. The maximum Gasteiger partial charge on any atom is 0.337 e. The Morgan fingerprint density at radius 3 is 2.55 bits per heavy atom. The number of amides is 1. The predicted molar refractivity (Wildman–Crippen MR) is 118 cm³/mol. The summed E-state index contributed by atoms with van der Waals surface area (Å²) < 4.78 is 1.87. The Balaban J connectivity index is 1.82. The van der Waals surface area contributed by atoms with Crippen molar-refractivity contribution in [3.8, 4) is 11.8 Å². The molecule has 0 aliphatic heterocycles. The number of nitrogens with zero attached hydrogens (tertiary/aromatic N) is 3. The fraction of sp³-hybridized carbons (Fsp3) is 0.130. The zero-order chi connectivity index (χ0) is 22.5. The molecule has 156 valence electrons. The number of halogens is 1. The Morgan fingerprint density at radius 1 is 1.19 bits per heavy atom. The van der Waals surface area contributed by atoms with E-state index in [-0.39, 0.29) is 10.6 Å². The molecule has 7 nitrogen and oxygen atoms in total. The van der Waals surface area contributed by atoms with Crippen molar-refractivity contribution in [1.82, 2.24) is 9.99 Å². The van der Waals surface area contributed by atoms with Crippen LogP contribution in [-0.2, 0) is 4.79 Å². The van der Waals surface area contributed by atoms with Crippen LogP contribution in [0.1, 0.15) is 38.8 Å². The molecule has 0 saturated carbocycles. The van der Waals surface area contributed by atoms with Gasteiger partial charge in [0.2, 0.25) is 0 Å². The minimum absolute atomic E-state index is 0.0117. The van der Waals surface area contributed by atoms with E-state index in [9.17, 15) is 20.0 Å². The molecular weight excluding hydrogens is 416 g/mol. The standard InChI is InChI=1S/C23H19ClN4O3/c1-14-10-17(13-26-27-22(29)20(12-25)16-6-4-3-5-7-16)15(2)28(14)18-8-9-21(24)19(11-18)23(30)31/h3-11,13,20H,1-2H3,(H,27,29)(H,30,31)/b26-13-/t20-/m0/s1. The monoisotopic (exact) mass is 434 g/mol. The van der Waals surface area contributed by atoms with Gasteiger partial charge in [-0.1, -0.05) is 41.9 Å². The molecule has 31 heavy (non-hydrogen) atoms. The number of aryl methyl sites for hydroxylation is 1. The third-order valence-corrected chi connectivity index (χ3v) is 5.14. The normalized spacial score (nSPS) is 11.8. The highest BCUT2D eigenvalue weighted by Gasteiger charge is 2.19. The predicted octanol–water partition coefficient (Wildman–Crippen LogP) is 4.20. The summed E-state index contributed by atoms with van der Waals surface area (Å²) in [6, 6.07) is 17.4. The summed E-state index contributed by atoms with van der Waals surface area (Å²) in [6.07, 6.45) is 1.49. The van der Waals surface area contributed by atoms with Crippen LogP contribution >= 0.6 is 11.6 Å². The molecule has 2 aromatic carbocycles. The van der Waals surface area contributed by atoms with Crippen molar-refractivity contribution in [1.29, 1.82) is 5.26 Å². The first-order chi connectivity index (χ1) is 14.8. The number of aromatic nitrogens is 1. The van der Waals surface area contributed by atoms with E-state index in [0.717, 1.165) is 17.0 Å². The highest BCUT2D eigenvalue weighted by Crippen LogP contribution is 2.24. The summed E-state index contributed by atoms with van der Waals surface area (Å²) in [7, 11) is 0. The zero-order valence-corrected chi connectivity index (χ0v) is 17.6. The number of benzene rings is 2. The lowest BCUT2D eigenvalue weighted by Gasteiger charge is -2.11. The van der Waals surface area contributed by atoms with Gasteiger partial charge in [0.15, 0.2) is 5.92 Å². The van der Waals surface area contributed by atoms with Crippen molar-refractivity contribution < 1.29 is 14.7 Å². The average Bonchev–Trinajstić information content (AvgIpc) is 3.03. The summed E-state index contributed by atoms with van der Waals surface area (Å²) in [5.41, 5.74) is 6.05. The summed E-state index contributed by atoms with van der Waals surface area (Å²) in [6.45, 7) is 3.73. The first-order valence-electron chi connectivity index (χ1n) is 9.33. The van der Waals surface area contributed by atoms with Gasteiger partial charge >= 0.3 is 5.97 Å². The van der Waals surface area contributed by atoms with E-state index in [0.29, 0.717) is 11.3 Å². The van der Waals surface area contributed by atoms with Gasteiger partial charge in [0, 0.05) is 22.6 Å². The SMILES string of the molecule is Cc1cc(/C=N\NC(=O)[C@@H](C#N)c2ccccc2)c(C)n1-c1ccc(Cl)c(C(=O)O)c1. The van der Waals surface area contributed by atoms with Crippen LogP contribution in [0.25, 0.3) is 5.69 Å². The number of nitriles is 1. The molecule has 0 fully saturated rings. The number of carbonyl (C=O) groups is 2. The van der Waals surface area contributed by atoms with E-state index in [1.807, 2.05) is 36.6 Å². The Hall–Kier alpha value is -3.89. The van der Waals surface area contributed by atoms with Crippen molar-refractivity contribution in [2.45, 2.75) is 19.8 Å². The number of aromatic carboxylic acids is 1. The first kappa shape index (κ1) is 21.8. The number of hydrogen-bond acceptors (Lipinski definition) is 4. The van der Waals surface area contributed by atoms with Crippen LogP contribution in [0.4, 0.5) is 0 Å². The van der Waals surface area contributed by atoms with Gasteiger partial charge in [-0.05, 0) is 43.7 Å². The maximum absolute atomic E-state index is 12.4. The fourth-order valence-corrected chi connectivity index (χ4v) is 3.49. The Kier molecular flexibility index (Phi) is 6.53. The zero-order valence-electron chi connectivity index (χ0n) is 16.8. The second kappa shape index (κ2) is 9.28. The van der Waals surface area contributed by atoms with Crippen LogP contribution in [0.15, 0.2) is 59.7 Å². The topological polar surface area (TPSA) is 107 Å². The number of carboxylic acids is 1. The molecule has 3 aromatic rings. The smallest absolute Gasteiger partial charge is 0.337 e. The van der Waals surface area contributed by atoms with Gasteiger partial charge in [0.1, 0.15) is 0 Å². The number of carbonyl (C=O) groups excluding carboxylic acids is 1. The van der Waals surface area contributed by atoms with Crippen molar-refractivity contribution in [3.05, 3.63) is 87.7 Å². The molecular formula is C23H19ClN4O3. The minimum Gasteiger partial charge on any atom is -0.478 e.